The van der Waals surface area contributed by atoms with Crippen LogP contribution in [-0.2, 0) is 11.3 Å². The Morgan fingerprint density at radius 2 is 2.32 bits per heavy atom. The third kappa shape index (κ3) is 4.32. The minimum Gasteiger partial charge on any atom is -0.370 e. The predicted octanol–water partition coefficient (Wildman–Crippen LogP) is 2.06. The number of nitrogens with two attached hydrogens (primary N) is 1. The molecule has 2 N–H and O–H groups in total. The second-order valence-corrected chi connectivity index (χ2v) is 6.80. The molecule has 104 valence electrons. The van der Waals surface area contributed by atoms with Crippen LogP contribution in [0.5, 0.6) is 0 Å². The van der Waals surface area contributed by atoms with Gasteiger partial charge in [0.25, 0.3) is 0 Å². The molecule has 1 unspecified atom stereocenters. The van der Waals surface area contributed by atoms with Crippen molar-refractivity contribution in [3.63, 3.8) is 0 Å². The van der Waals surface area contributed by atoms with Crippen LogP contribution in [0.4, 0.5) is 0 Å². The zero-order valence-corrected chi connectivity index (χ0v) is 12.7. The van der Waals surface area contributed by atoms with Gasteiger partial charge in [-0.2, -0.15) is 0 Å². The average Bonchev–Trinajstić information content (AvgIpc) is 2.71. The quantitative estimate of drug-likeness (QED) is 0.842. The van der Waals surface area contributed by atoms with Gasteiger partial charge in [-0.05, 0) is 32.9 Å². The Kier molecular flexibility index (Phi) is 4.64. The molecule has 0 radical (unpaired) electrons. The molecule has 19 heavy (non-hydrogen) atoms. The van der Waals surface area contributed by atoms with Gasteiger partial charge in [0, 0.05) is 24.5 Å². The van der Waals surface area contributed by atoms with E-state index >= 15 is 0 Å². The molecule has 1 aromatic rings. The molecule has 3 nitrogen and oxygen atoms in total. The molecule has 0 amide bonds. The molecule has 0 aromatic carbocycles. The number of rotatable bonds is 2. The summed E-state index contributed by atoms with van der Waals surface area (Å²) in [7, 11) is 0. The maximum atomic E-state index is 5.93. The number of thiophene rings is 1. The number of ether oxygens (including phenoxy) is 1. The Morgan fingerprint density at radius 3 is 3.00 bits per heavy atom. The van der Waals surface area contributed by atoms with E-state index in [0.717, 1.165) is 24.5 Å². The van der Waals surface area contributed by atoms with Gasteiger partial charge >= 0.3 is 0 Å². The van der Waals surface area contributed by atoms with E-state index in [1.54, 1.807) is 11.3 Å². The van der Waals surface area contributed by atoms with Gasteiger partial charge in [0.1, 0.15) is 0 Å². The largest absolute Gasteiger partial charge is 0.370 e. The second kappa shape index (κ2) is 6.06. The molecule has 1 atom stereocenters. The highest BCUT2D eigenvalue weighted by Gasteiger charge is 2.31. The van der Waals surface area contributed by atoms with E-state index in [1.807, 2.05) is 0 Å². The molecule has 0 spiro atoms. The van der Waals surface area contributed by atoms with Crippen LogP contribution in [0.2, 0.25) is 0 Å². The molecular weight excluding hydrogens is 256 g/mol. The third-order valence-electron chi connectivity index (χ3n) is 2.99. The molecule has 2 rings (SSSR count). The lowest BCUT2D eigenvalue weighted by atomic mass is 10.1. The van der Waals surface area contributed by atoms with E-state index in [1.165, 1.54) is 4.88 Å². The molecule has 0 bridgehead atoms. The minimum absolute atomic E-state index is 0.0584. The topological polar surface area (TPSA) is 38.5 Å². The van der Waals surface area contributed by atoms with Crippen molar-refractivity contribution in [3.05, 3.63) is 21.9 Å². The number of morpholine rings is 1. The standard InChI is InChI=1S/C15H22N2OS/c1-12-9-17(11-15(2,3)18-12)10-14-7-6-13(19-14)5-4-8-16/h6-7,12H,8-11,16H2,1-3H3. The van der Waals surface area contributed by atoms with E-state index in [9.17, 15) is 0 Å². The Balaban J connectivity index is 1.99. The molecule has 1 aliphatic rings. The molecule has 1 aromatic heterocycles. The van der Waals surface area contributed by atoms with E-state index < -0.39 is 0 Å². The molecule has 4 heteroatoms. The molecular formula is C15H22N2OS. The normalized spacial score (nSPS) is 22.8. The minimum atomic E-state index is -0.0584. The number of nitrogens with zero attached hydrogens (tertiary/aromatic N) is 1. The summed E-state index contributed by atoms with van der Waals surface area (Å²) in [5, 5.41) is 0. The van der Waals surface area contributed by atoms with Crippen molar-refractivity contribution in [1.82, 2.24) is 4.90 Å². The fraction of sp³-hybridized carbons (Fsp3) is 0.600. The molecule has 0 aliphatic carbocycles. The van der Waals surface area contributed by atoms with Gasteiger partial charge in [0.15, 0.2) is 0 Å². The number of hydrogen-bond acceptors (Lipinski definition) is 4. The summed E-state index contributed by atoms with van der Waals surface area (Å²) in [5.74, 6) is 5.98. The van der Waals surface area contributed by atoms with E-state index in [0.29, 0.717) is 12.6 Å². The van der Waals surface area contributed by atoms with Crippen molar-refractivity contribution in [2.45, 2.75) is 39.0 Å². The fourth-order valence-corrected chi connectivity index (χ4v) is 3.52. The first-order chi connectivity index (χ1) is 8.98. The summed E-state index contributed by atoms with van der Waals surface area (Å²) in [5.41, 5.74) is 5.33. The average molecular weight is 278 g/mol. The maximum absolute atomic E-state index is 5.93. The van der Waals surface area contributed by atoms with Crippen LogP contribution in [0, 0.1) is 11.8 Å². The lowest BCUT2D eigenvalue weighted by Gasteiger charge is -2.41. The summed E-state index contributed by atoms with van der Waals surface area (Å²) >= 11 is 1.76. The van der Waals surface area contributed by atoms with Gasteiger partial charge in [0.05, 0.1) is 23.1 Å². The van der Waals surface area contributed by atoms with E-state index in [4.69, 9.17) is 10.5 Å². The lowest BCUT2D eigenvalue weighted by Crippen LogP contribution is -2.51. The zero-order valence-electron chi connectivity index (χ0n) is 11.9. The van der Waals surface area contributed by atoms with Crippen LogP contribution in [-0.4, -0.2) is 36.2 Å². The Hall–Kier alpha value is -0.860. The van der Waals surface area contributed by atoms with Gasteiger partial charge in [-0.1, -0.05) is 11.8 Å². The van der Waals surface area contributed by atoms with E-state index in [2.05, 4.69) is 49.6 Å². The van der Waals surface area contributed by atoms with Crippen LogP contribution in [0.15, 0.2) is 12.1 Å². The highest BCUT2D eigenvalue weighted by Crippen LogP contribution is 2.24. The van der Waals surface area contributed by atoms with Crippen molar-refractivity contribution >= 4 is 11.3 Å². The van der Waals surface area contributed by atoms with Crippen molar-refractivity contribution in [1.29, 1.82) is 0 Å². The highest BCUT2D eigenvalue weighted by molar-refractivity contribution is 7.12. The molecule has 1 aliphatic heterocycles. The summed E-state index contributed by atoms with van der Waals surface area (Å²) in [6.07, 6.45) is 0.292. The maximum Gasteiger partial charge on any atom is 0.0772 e. The summed E-state index contributed by atoms with van der Waals surface area (Å²) in [4.78, 5) is 4.91. The number of hydrogen-bond donors (Lipinski definition) is 1. The summed E-state index contributed by atoms with van der Waals surface area (Å²) in [6, 6.07) is 4.25. The van der Waals surface area contributed by atoms with Gasteiger partial charge in [-0.15, -0.1) is 11.3 Å². The molecule has 0 saturated carbocycles. The Morgan fingerprint density at radius 1 is 1.53 bits per heavy atom. The Labute approximate surface area is 119 Å². The van der Waals surface area contributed by atoms with Crippen LogP contribution in [0.1, 0.15) is 30.5 Å². The summed E-state index contributed by atoms with van der Waals surface area (Å²) in [6.45, 7) is 9.81. The van der Waals surface area contributed by atoms with Gasteiger partial charge < -0.3 is 10.5 Å². The highest BCUT2D eigenvalue weighted by atomic mass is 32.1. The van der Waals surface area contributed by atoms with E-state index in [-0.39, 0.29) is 5.60 Å². The van der Waals surface area contributed by atoms with Crippen molar-refractivity contribution < 1.29 is 4.74 Å². The van der Waals surface area contributed by atoms with Crippen LogP contribution >= 0.6 is 11.3 Å². The van der Waals surface area contributed by atoms with Crippen LogP contribution in [0.3, 0.4) is 0 Å². The fourth-order valence-electron chi connectivity index (χ4n) is 2.59. The van der Waals surface area contributed by atoms with Crippen molar-refractivity contribution in [2.75, 3.05) is 19.6 Å². The monoisotopic (exact) mass is 278 g/mol. The molecule has 1 saturated heterocycles. The van der Waals surface area contributed by atoms with Gasteiger partial charge in [-0.25, -0.2) is 0 Å². The molecule has 2 heterocycles. The first-order valence-corrected chi connectivity index (χ1v) is 7.48. The van der Waals surface area contributed by atoms with Crippen LogP contribution < -0.4 is 5.73 Å². The smallest absolute Gasteiger partial charge is 0.0772 e. The van der Waals surface area contributed by atoms with Crippen molar-refractivity contribution in [2.24, 2.45) is 5.73 Å². The third-order valence-corrected chi connectivity index (χ3v) is 3.98. The van der Waals surface area contributed by atoms with Crippen molar-refractivity contribution in [3.8, 4) is 11.8 Å². The predicted molar refractivity (Wildman–Crippen MR) is 80.2 cm³/mol. The second-order valence-electron chi connectivity index (χ2n) is 5.63. The SMILES string of the molecule is CC1CN(Cc2ccc(C#CCN)s2)CC(C)(C)O1. The van der Waals surface area contributed by atoms with Gasteiger partial charge in [0.2, 0.25) is 0 Å². The first-order valence-electron chi connectivity index (χ1n) is 6.66. The summed E-state index contributed by atoms with van der Waals surface area (Å²) < 4.78 is 5.93. The van der Waals surface area contributed by atoms with Gasteiger partial charge in [-0.3, -0.25) is 4.90 Å². The zero-order chi connectivity index (χ0) is 13.9. The first kappa shape index (κ1) is 14.5. The molecule has 1 fully saturated rings. The van der Waals surface area contributed by atoms with Crippen LogP contribution in [0.25, 0.3) is 0 Å². The lowest BCUT2D eigenvalue weighted by molar-refractivity contribution is -0.130. The Bertz CT molecular complexity index is 484.